The number of likely N-dealkylation sites (N-methyl/N-ethyl adjacent to an activating group) is 1. The van der Waals surface area contributed by atoms with Crippen molar-refractivity contribution in [3.05, 3.63) is 28.2 Å². The molecule has 1 aromatic heterocycles. The molecule has 0 spiro atoms. The van der Waals surface area contributed by atoms with Crippen molar-refractivity contribution in [3.8, 4) is 0 Å². The lowest BCUT2D eigenvalue weighted by Crippen LogP contribution is -2.38. The second-order valence-corrected chi connectivity index (χ2v) is 3.25. The molecule has 6 heteroatoms. The molecule has 1 heterocycles. The zero-order valence-electron chi connectivity index (χ0n) is 8.60. The van der Waals surface area contributed by atoms with Crippen LogP contribution in [0.15, 0.2) is 16.9 Å². The van der Waals surface area contributed by atoms with Crippen LogP contribution in [0.25, 0.3) is 0 Å². The Morgan fingerprint density at radius 3 is 2.80 bits per heavy atom. The van der Waals surface area contributed by atoms with E-state index in [1.807, 2.05) is 0 Å². The third-order valence-corrected chi connectivity index (χ3v) is 2.14. The quantitative estimate of drug-likeness (QED) is 0.687. The van der Waals surface area contributed by atoms with Crippen molar-refractivity contribution in [2.24, 2.45) is 0 Å². The fraction of sp³-hybridized carbons (Fsp3) is 0.444. The van der Waals surface area contributed by atoms with E-state index in [1.54, 1.807) is 14.0 Å². The van der Waals surface area contributed by atoms with Gasteiger partial charge in [0.15, 0.2) is 0 Å². The Balaban J connectivity index is 2.85. The van der Waals surface area contributed by atoms with Gasteiger partial charge in [0.25, 0.3) is 11.5 Å². The summed E-state index contributed by atoms with van der Waals surface area (Å²) in [5.41, 5.74) is -0.207. The summed E-state index contributed by atoms with van der Waals surface area (Å²) in [5.74, 6) is -0.340. The van der Waals surface area contributed by atoms with Gasteiger partial charge in [0, 0.05) is 13.1 Å². The SMILES string of the molecule is CC(CO)N(C)C(=O)c1ccc(=O)[nH]n1. The van der Waals surface area contributed by atoms with Crippen molar-refractivity contribution < 1.29 is 9.90 Å². The van der Waals surface area contributed by atoms with Gasteiger partial charge in [-0.25, -0.2) is 5.10 Å². The lowest BCUT2D eigenvalue weighted by atomic mass is 10.2. The van der Waals surface area contributed by atoms with Crippen LogP contribution in [0.2, 0.25) is 0 Å². The second-order valence-electron chi connectivity index (χ2n) is 3.25. The summed E-state index contributed by atoms with van der Waals surface area (Å²) in [5, 5.41) is 14.7. The highest BCUT2D eigenvalue weighted by molar-refractivity contribution is 5.92. The van der Waals surface area contributed by atoms with Gasteiger partial charge in [0.05, 0.1) is 12.6 Å². The fourth-order valence-electron chi connectivity index (χ4n) is 0.967. The van der Waals surface area contributed by atoms with Crippen LogP contribution in [0.4, 0.5) is 0 Å². The van der Waals surface area contributed by atoms with Crippen molar-refractivity contribution in [2.75, 3.05) is 13.7 Å². The van der Waals surface area contributed by atoms with E-state index in [-0.39, 0.29) is 29.8 Å². The van der Waals surface area contributed by atoms with E-state index < -0.39 is 0 Å². The molecule has 15 heavy (non-hydrogen) atoms. The number of carbonyl (C=O) groups excluding carboxylic acids is 1. The van der Waals surface area contributed by atoms with Crippen molar-refractivity contribution in [2.45, 2.75) is 13.0 Å². The predicted octanol–water partition coefficient (Wildman–Crippen LogP) is -0.777. The van der Waals surface area contributed by atoms with Crippen LogP contribution < -0.4 is 5.56 Å². The molecular weight excluding hydrogens is 198 g/mol. The van der Waals surface area contributed by atoms with Crippen LogP contribution in [0.3, 0.4) is 0 Å². The highest BCUT2D eigenvalue weighted by atomic mass is 16.3. The second kappa shape index (κ2) is 4.70. The number of aromatic nitrogens is 2. The van der Waals surface area contributed by atoms with Crippen LogP contribution in [0.1, 0.15) is 17.4 Å². The number of nitrogens with zero attached hydrogens (tertiary/aromatic N) is 2. The number of rotatable bonds is 3. The van der Waals surface area contributed by atoms with Gasteiger partial charge in [-0.1, -0.05) is 0 Å². The van der Waals surface area contributed by atoms with E-state index in [1.165, 1.54) is 17.0 Å². The smallest absolute Gasteiger partial charge is 0.274 e. The van der Waals surface area contributed by atoms with Crippen molar-refractivity contribution in [3.63, 3.8) is 0 Å². The summed E-state index contributed by atoms with van der Waals surface area (Å²) in [6.45, 7) is 1.59. The molecule has 0 bridgehead atoms. The number of amides is 1. The summed E-state index contributed by atoms with van der Waals surface area (Å²) >= 11 is 0. The Labute approximate surface area is 86.5 Å². The molecule has 1 unspecified atom stereocenters. The number of hydrogen-bond acceptors (Lipinski definition) is 4. The molecule has 6 nitrogen and oxygen atoms in total. The maximum absolute atomic E-state index is 11.7. The molecule has 0 aliphatic rings. The summed E-state index contributed by atoms with van der Waals surface area (Å²) in [6, 6.07) is 2.30. The monoisotopic (exact) mass is 211 g/mol. The molecule has 1 aromatic rings. The molecule has 1 atom stereocenters. The van der Waals surface area contributed by atoms with E-state index in [2.05, 4.69) is 10.2 Å². The molecule has 2 N–H and O–H groups in total. The van der Waals surface area contributed by atoms with Gasteiger partial charge in [-0.3, -0.25) is 9.59 Å². The first-order valence-corrected chi connectivity index (χ1v) is 4.50. The van der Waals surface area contributed by atoms with Crippen LogP contribution >= 0.6 is 0 Å². The minimum Gasteiger partial charge on any atom is -0.394 e. The minimum absolute atomic E-state index is 0.119. The highest BCUT2D eigenvalue weighted by Gasteiger charge is 2.17. The minimum atomic E-state index is -0.357. The zero-order chi connectivity index (χ0) is 11.4. The normalized spacial score (nSPS) is 12.2. The van der Waals surface area contributed by atoms with Crippen LogP contribution in [-0.4, -0.2) is 45.8 Å². The van der Waals surface area contributed by atoms with Crippen molar-refractivity contribution in [1.82, 2.24) is 15.1 Å². The molecule has 0 saturated heterocycles. The number of nitrogens with one attached hydrogen (secondary N) is 1. The number of carbonyl (C=O) groups is 1. The van der Waals surface area contributed by atoms with Crippen LogP contribution in [-0.2, 0) is 0 Å². The largest absolute Gasteiger partial charge is 0.394 e. The van der Waals surface area contributed by atoms with Gasteiger partial charge >= 0.3 is 0 Å². The standard InChI is InChI=1S/C9H13N3O3/c1-6(5-13)12(2)9(15)7-3-4-8(14)11-10-7/h3-4,6,13H,5H2,1-2H3,(H,11,14). The first-order chi connectivity index (χ1) is 7.06. The van der Waals surface area contributed by atoms with E-state index in [0.29, 0.717) is 0 Å². The van der Waals surface area contributed by atoms with Crippen LogP contribution in [0, 0.1) is 0 Å². The molecule has 0 aromatic carbocycles. The molecular formula is C9H13N3O3. The number of H-pyrrole nitrogens is 1. The molecule has 1 rings (SSSR count). The molecule has 0 radical (unpaired) electrons. The molecule has 0 aliphatic carbocycles. The van der Waals surface area contributed by atoms with E-state index in [9.17, 15) is 9.59 Å². The number of hydrogen-bond donors (Lipinski definition) is 2. The highest BCUT2D eigenvalue weighted by Crippen LogP contribution is 2.01. The van der Waals surface area contributed by atoms with Gasteiger partial charge in [0.1, 0.15) is 5.69 Å². The Morgan fingerprint density at radius 2 is 2.33 bits per heavy atom. The fourth-order valence-corrected chi connectivity index (χ4v) is 0.967. The first-order valence-electron chi connectivity index (χ1n) is 4.50. The predicted molar refractivity (Wildman–Crippen MR) is 53.5 cm³/mol. The van der Waals surface area contributed by atoms with E-state index in [4.69, 9.17) is 5.11 Å². The Morgan fingerprint density at radius 1 is 1.67 bits per heavy atom. The number of aromatic amines is 1. The summed E-state index contributed by atoms with van der Waals surface area (Å²) in [6.07, 6.45) is 0. The third kappa shape index (κ3) is 2.63. The topological polar surface area (TPSA) is 86.3 Å². The Bertz CT molecular complexity index is 381. The summed E-state index contributed by atoms with van der Waals surface area (Å²) < 4.78 is 0. The van der Waals surface area contributed by atoms with E-state index in [0.717, 1.165) is 0 Å². The van der Waals surface area contributed by atoms with Gasteiger partial charge < -0.3 is 10.0 Å². The van der Waals surface area contributed by atoms with Crippen molar-refractivity contribution in [1.29, 1.82) is 0 Å². The lowest BCUT2D eigenvalue weighted by molar-refractivity contribution is 0.0675. The van der Waals surface area contributed by atoms with Gasteiger partial charge in [-0.05, 0) is 13.0 Å². The zero-order valence-corrected chi connectivity index (χ0v) is 8.60. The lowest BCUT2D eigenvalue weighted by Gasteiger charge is -2.22. The van der Waals surface area contributed by atoms with Crippen molar-refractivity contribution >= 4 is 5.91 Å². The maximum Gasteiger partial charge on any atom is 0.274 e. The third-order valence-electron chi connectivity index (χ3n) is 2.14. The summed E-state index contributed by atoms with van der Waals surface area (Å²) in [4.78, 5) is 23.8. The van der Waals surface area contributed by atoms with E-state index >= 15 is 0 Å². The number of aliphatic hydroxyl groups is 1. The molecule has 0 fully saturated rings. The molecule has 0 aliphatic heterocycles. The average Bonchev–Trinajstić information content (AvgIpc) is 2.27. The average molecular weight is 211 g/mol. The Kier molecular flexibility index (Phi) is 3.56. The van der Waals surface area contributed by atoms with Gasteiger partial charge in [0.2, 0.25) is 0 Å². The molecule has 0 saturated carbocycles. The maximum atomic E-state index is 11.7. The van der Waals surface area contributed by atoms with Gasteiger partial charge in [-0.15, -0.1) is 0 Å². The van der Waals surface area contributed by atoms with Gasteiger partial charge in [-0.2, -0.15) is 5.10 Å². The number of aliphatic hydroxyl groups excluding tert-OH is 1. The molecule has 82 valence electrons. The molecule has 1 amide bonds. The Hall–Kier alpha value is -1.69. The van der Waals surface area contributed by atoms with Crippen LogP contribution in [0.5, 0.6) is 0 Å². The summed E-state index contributed by atoms with van der Waals surface area (Å²) in [7, 11) is 1.57. The first kappa shape index (κ1) is 11.4.